The Hall–Kier alpha value is -3.52. The van der Waals surface area contributed by atoms with Gasteiger partial charge in [0.2, 0.25) is 12.1 Å². The van der Waals surface area contributed by atoms with Crippen molar-refractivity contribution in [2.45, 2.75) is 145 Å². The number of epoxide rings is 1. The quantitative estimate of drug-likeness (QED) is 0.139. The zero-order valence-electron chi connectivity index (χ0n) is 32.5. The van der Waals surface area contributed by atoms with Crippen molar-refractivity contribution < 1.29 is 81.9 Å². The lowest BCUT2D eigenvalue weighted by atomic mass is 9.72. The van der Waals surface area contributed by atoms with Crippen molar-refractivity contribution >= 4 is 30.0 Å². The van der Waals surface area contributed by atoms with E-state index in [1.807, 2.05) is 37.3 Å². The third kappa shape index (κ3) is 8.36. The van der Waals surface area contributed by atoms with Gasteiger partial charge in [0.05, 0.1) is 37.4 Å². The molecule has 3 N–H and O–H groups in total. The monoisotopic (exact) mass is 804 g/mol. The van der Waals surface area contributed by atoms with E-state index in [1.54, 1.807) is 6.08 Å². The number of hydrogen-bond donors (Lipinski definition) is 3. The molecule has 0 aromatic heterocycles. The summed E-state index contributed by atoms with van der Waals surface area (Å²) in [7, 11) is 0. The first-order valence-corrected chi connectivity index (χ1v) is 19.6. The van der Waals surface area contributed by atoms with Crippen LogP contribution in [-0.4, -0.2) is 137 Å². The van der Waals surface area contributed by atoms with Crippen LogP contribution >= 0.6 is 0 Å². The summed E-state index contributed by atoms with van der Waals surface area (Å²) >= 11 is 0. The molecule has 0 amide bonds. The average Bonchev–Trinajstić information content (AvgIpc) is 3.94. The van der Waals surface area contributed by atoms with E-state index in [-0.39, 0.29) is 31.3 Å². The van der Waals surface area contributed by atoms with Crippen LogP contribution in [0.2, 0.25) is 0 Å². The van der Waals surface area contributed by atoms with Crippen LogP contribution in [0.15, 0.2) is 36.4 Å². The van der Waals surface area contributed by atoms with Gasteiger partial charge in [-0.1, -0.05) is 37.3 Å². The van der Waals surface area contributed by atoms with Crippen LogP contribution in [0, 0.1) is 17.8 Å². The Balaban J connectivity index is 1.03. The Bertz CT molecular complexity index is 1670. The number of carbonyl (C=O) groups excluding carboxylic acids is 4. The molecule has 57 heavy (non-hydrogen) atoms. The number of fused-ring (bicyclic) bond motifs is 3. The van der Waals surface area contributed by atoms with Crippen molar-refractivity contribution in [2.75, 3.05) is 13.2 Å². The maximum atomic E-state index is 14.0. The van der Waals surface area contributed by atoms with E-state index >= 15 is 0 Å². The first kappa shape index (κ1) is 41.6. The first-order chi connectivity index (χ1) is 27.1. The van der Waals surface area contributed by atoms with E-state index in [0.29, 0.717) is 19.4 Å². The standard InChI is InChI=1S/C40H52O17/c1-19-17-48-40(16-28(19)54-29(43)14-11-24-9-7-6-8-10-24)39(18-49-39)26-13-12-25(15-27(26)57-40)36(47)56-38-35(34(53-23(5)42)30(44)20(2)50-38)55-37-32(46)31(45)33(21(3)51-37)52-22(4)41/h6-11,14,19-21,25-28,30-35,37-38,44-46H,12-13,15-18H2,1-5H3/b14-11+/t19-,20-,21-,25+,26+,27-,28+,30-,31-,32-,33-,34+,35-,37+,38+,39+,40+/m1/s1. The highest BCUT2D eigenvalue weighted by atomic mass is 16.8. The summed E-state index contributed by atoms with van der Waals surface area (Å²) in [6.07, 6.45) is -10.6. The Morgan fingerprint density at radius 2 is 1.47 bits per heavy atom. The van der Waals surface area contributed by atoms with E-state index in [1.165, 1.54) is 19.9 Å². The molecule has 17 heteroatoms. The minimum atomic E-state index is -1.77. The molecule has 2 spiro atoms. The fraction of sp³-hybridized carbons (Fsp3) is 0.700. The number of benzene rings is 1. The normalized spacial score (nSPS) is 44.0. The van der Waals surface area contributed by atoms with Crippen molar-refractivity contribution in [3.63, 3.8) is 0 Å². The Kier molecular flexibility index (Phi) is 12.1. The SMILES string of the molecule is CC(=O)O[C@H]1[C@H](O)[C@@H](C)O[C@@H](OC(=O)[C@H]2CC[C@H]3[C@@H](C2)O[C@@]2(C[C@H](OC(=O)/C=C/c4ccccc4)[C@H](C)CO2)[C@]32CO2)[C@@H]1O[C@@H]1O[C@H](C)[C@@H](OC(C)=O)[C@H](O)[C@H]1O. The van der Waals surface area contributed by atoms with Gasteiger partial charge < -0.3 is 62.7 Å². The molecule has 5 heterocycles. The van der Waals surface area contributed by atoms with Crippen LogP contribution in [-0.2, 0) is 66.5 Å². The second-order valence-electron chi connectivity index (χ2n) is 16.0. The van der Waals surface area contributed by atoms with Gasteiger partial charge in [-0.15, -0.1) is 0 Å². The average molecular weight is 805 g/mol. The zero-order valence-corrected chi connectivity index (χ0v) is 32.5. The van der Waals surface area contributed by atoms with Crippen molar-refractivity contribution in [1.82, 2.24) is 0 Å². The molecule has 6 fully saturated rings. The Labute approximate surface area is 329 Å². The first-order valence-electron chi connectivity index (χ1n) is 19.6. The number of rotatable bonds is 9. The lowest BCUT2D eigenvalue weighted by Crippen LogP contribution is -2.64. The molecular weight excluding hydrogens is 752 g/mol. The second-order valence-corrected chi connectivity index (χ2v) is 16.0. The predicted octanol–water partition coefficient (Wildman–Crippen LogP) is 1.31. The second kappa shape index (κ2) is 16.6. The summed E-state index contributed by atoms with van der Waals surface area (Å²) in [6, 6.07) is 9.42. The van der Waals surface area contributed by atoms with Crippen LogP contribution in [0.25, 0.3) is 6.08 Å². The summed E-state index contributed by atoms with van der Waals surface area (Å²) < 4.78 is 59.4. The number of ether oxygens (including phenoxy) is 10. The summed E-state index contributed by atoms with van der Waals surface area (Å²) in [5.74, 6) is -4.72. The molecule has 314 valence electrons. The highest BCUT2D eigenvalue weighted by Gasteiger charge is 2.76. The van der Waals surface area contributed by atoms with E-state index in [0.717, 1.165) is 19.4 Å². The molecule has 17 atom stereocenters. The van der Waals surface area contributed by atoms with Gasteiger partial charge in [-0.05, 0) is 44.7 Å². The molecule has 17 nitrogen and oxygen atoms in total. The van der Waals surface area contributed by atoms with Gasteiger partial charge in [-0.3, -0.25) is 14.4 Å². The van der Waals surface area contributed by atoms with Crippen molar-refractivity contribution in [3.8, 4) is 0 Å². The predicted molar refractivity (Wildman–Crippen MR) is 191 cm³/mol. The van der Waals surface area contributed by atoms with Crippen molar-refractivity contribution in [3.05, 3.63) is 42.0 Å². The van der Waals surface area contributed by atoms with Crippen LogP contribution < -0.4 is 0 Å². The largest absolute Gasteiger partial charge is 0.459 e. The maximum absolute atomic E-state index is 14.0. The molecule has 6 aliphatic rings. The van der Waals surface area contributed by atoms with Crippen LogP contribution in [0.1, 0.15) is 65.9 Å². The molecule has 1 aromatic rings. The topological polar surface area (TPSA) is 225 Å². The molecule has 0 radical (unpaired) electrons. The van der Waals surface area contributed by atoms with Crippen molar-refractivity contribution in [2.24, 2.45) is 17.8 Å². The third-order valence-electron chi connectivity index (χ3n) is 12.0. The molecule has 1 aromatic carbocycles. The van der Waals surface area contributed by atoms with Crippen LogP contribution in [0.4, 0.5) is 0 Å². The molecule has 5 aliphatic heterocycles. The van der Waals surface area contributed by atoms with Gasteiger partial charge in [0.25, 0.3) is 0 Å². The zero-order chi connectivity index (χ0) is 40.8. The molecule has 1 aliphatic carbocycles. The van der Waals surface area contributed by atoms with Gasteiger partial charge in [0, 0.05) is 38.2 Å². The van der Waals surface area contributed by atoms with E-state index in [4.69, 9.17) is 47.4 Å². The van der Waals surface area contributed by atoms with Crippen molar-refractivity contribution in [1.29, 1.82) is 0 Å². The highest BCUT2D eigenvalue weighted by Crippen LogP contribution is 2.62. The van der Waals surface area contributed by atoms with E-state index in [9.17, 15) is 34.5 Å². The summed E-state index contributed by atoms with van der Waals surface area (Å²) in [4.78, 5) is 50.7. The fourth-order valence-corrected chi connectivity index (χ4v) is 8.88. The summed E-state index contributed by atoms with van der Waals surface area (Å²) in [5.41, 5.74) is 0.104. The Morgan fingerprint density at radius 3 is 2.16 bits per heavy atom. The number of esters is 4. The van der Waals surface area contributed by atoms with Gasteiger partial charge in [-0.25, -0.2) is 4.79 Å². The highest BCUT2D eigenvalue weighted by molar-refractivity contribution is 5.87. The molecule has 0 unspecified atom stereocenters. The van der Waals surface area contributed by atoms with Crippen LogP contribution in [0.3, 0.4) is 0 Å². The molecule has 7 rings (SSSR count). The molecule has 0 bridgehead atoms. The summed E-state index contributed by atoms with van der Waals surface area (Å²) in [5, 5.41) is 32.8. The minimum Gasteiger partial charge on any atom is -0.459 e. The van der Waals surface area contributed by atoms with E-state index in [2.05, 4.69) is 0 Å². The lowest BCUT2D eigenvalue weighted by molar-refractivity contribution is -0.358. The number of hydrogen-bond acceptors (Lipinski definition) is 17. The summed E-state index contributed by atoms with van der Waals surface area (Å²) in [6.45, 7) is 7.87. The fourth-order valence-electron chi connectivity index (χ4n) is 8.88. The van der Waals surface area contributed by atoms with Gasteiger partial charge in [0.1, 0.15) is 24.4 Å². The van der Waals surface area contributed by atoms with Crippen LogP contribution in [0.5, 0.6) is 0 Å². The smallest absolute Gasteiger partial charge is 0.331 e. The lowest BCUT2D eigenvalue weighted by Gasteiger charge is -2.46. The third-order valence-corrected chi connectivity index (χ3v) is 12.0. The van der Waals surface area contributed by atoms with Gasteiger partial charge in [0.15, 0.2) is 30.2 Å². The van der Waals surface area contributed by atoms with E-state index < -0.39 is 115 Å². The Morgan fingerprint density at radius 1 is 0.789 bits per heavy atom. The molecular formula is C40H52O17. The minimum absolute atomic E-state index is 0.107. The molecule has 5 saturated heterocycles. The number of carbonyl (C=O) groups is 4. The number of aliphatic hydroxyl groups is 3. The number of aliphatic hydroxyl groups excluding tert-OH is 3. The van der Waals surface area contributed by atoms with Gasteiger partial charge >= 0.3 is 23.9 Å². The molecule has 1 saturated carbocycles. The van der Waals surface area contributed by atoms with Gasteiger partial charge in [-0.2, -0.15) is 0 Å². The maximum Gasteiger partial charge on any atom is 0.331 e.